The Labute approximate surface area is 145 Å². The van der Waals surface area contributed by atoms with Crippen molar-refractivity contribution in [3.63, 3.8) is 0 Å². The van der Waals surface area contributed by atoms with Crippen molar-refractivity contribution in [3.05, 3.63) is 92.8 Å². The van der Waals surface area contributed by atoms with Gasteiger partial charge in [0.25, 0.3) is 0 Å². The lowest BCUT2D eigenvalue weighted by atomic mass is 10.1. The third-order valence-corrected chi connectivity index (χ3v) is 3.92. The number of nitrogens with zero attached hydrogens (tertiary/aromatic N) is 2. The standard InChI is InChI=1S/C20H20N2O3/c1-3-25-18-10-5-4-9-17(18)22-12-11-21(19(23)20(22)24)14-16-8-6-7-15(2)13-16/h4-13H,3,14H2,1-2H3. The maximum absolute atomic E-state index is 12.6. The van der Waals surface area contributed by atoms with E-state index in [1.54, 1.807) is 24.5 Å². The van der Waals surface area contributed by atoms with Crippen LogP contribution in [0.25, 0.3) is 5.69 Å². The summed E-state index contributed by atoms with van der Waals surface area (Å²) in [4.78, 5) is 25.1. The van der Waals surface area contributed by atoms with Crippen LogP contribution in [-0.2, 0) is 6.54 Å². The summed E-state index contributed by atoms with van der Waals surface area (Å²) in [5.41, 5.74) is 1.50. The topological polar surface area (TPSA) is 53.2 Å². The van der Waals surface area contributed by atoms with Gasteiger partial charge in [0.05, 0.1) is 18.8 Å². The molecule has 5 nitrogen and oxygen atoms in total. The van der Waals surface area contributed by atoms with E-state index in [9.17, 15) is 9.59 Å². The molecule has 25 heavy (non-hydrogen) atoms. The molecule has 2 aromatic carbocycles. The zero-order valence-corrected chi connectivity index (χ0v) is 14.3. The molecular weight excluding hydrogens is 316 g/mol. The highest BCUT2D eigenvalue weighted by atomic mass is 16.5. The number of aromatic nitrogens is 2. The number of hydrogen-bond donors (Lipinski definition) is 0. The van der Waals surface area contributed by atoms with E-state index in [-0.39, 0.29) is 0 Å². The second kappa shape index (κ2) is 7.21. The van der Waals surface area contributed by atoms with Crippen LogP contribution in [-0.4, -0.2) is 15.7 Å². The van der Waals surface area contributed by atoms with Gasteiger partial charge in [-0.2, -0.15) is 0 Å². The molecule has 128 valence electrons. The molecule has 0 saturated heterocycles. The minimum atomic E-state index is -0.595. The van der Waals surface area contributed by atoms with Gasteiger partial charge in [0, 0.05) is 12.4 Å². The zero-order chi connectivity index (χ0) is 17.8. The smallest absolute Gasteiger partial charge is 0.321 e. The average Bonchev–Trinajstić information content (AvgIpc) is 2.60. The number of benzene rings is 2. The predicted molar refractivity (Wildman–Crippen MR) is 97.7 cm³/mol. The lowest BCUT2D eigenvalue weighted by Crippen LogP contribution is -2.40. The highest BCUT2D eigenvalue weighted by molar-refractivity contribution is 5.46. The summed E-state index contributed by atoms with van der Waals surface area (Å²) in [6.07, 6.45) is 3.24. The van der Waals surface area contributed by atoms with Gasteiger partial charge in [-0.3, -0.25) is 14.2 Å². The molecule has 1 aromatic heterocycles. The van der Waals surface area contributed by atoms with Gasteiger partial charge >= 0.3 is 11.1 Å². The molecule has 0 spiro atoms. The summed E-state index contributed by atoms with van der Waals surface area (Å²) in [5.74, 6) is 0.572. The molecule has 3 aromatic rings. The van der Waals surface area contributed by atoms with E-state index in [2.05, 4.69) is 0 Å². The van der Waals surface area contributed by atoms with Crippen molar-refractivity contribution in [2.24, 2.45) is 0 Å². The molecule has 0 radical (unpaired) electrons. The average molecular weight is 336 g/mol. The van der Waals surface area contributed by atoms with Gasteiger partial charge in [-0.15, -0.1) is 0 Å². The summed E-state index contributed by atoms with van der Waals surface area (Å²) < 4.78 is 8.32. The van der Waals surface area contributed by atoms with Crippen molar-refractivity contribution in [2.45, 2.75) is 20.4 Å². The summed E-state index contributed by atoms with van der Waals surface area (Å²) in [6.45, 7) is 4.72. The molecule has 0 aliphatic carbocycles. The van der Waals surface area contributed by atoms with Gasteiger partial charge in [-0.1, -0.05) is 42.0 Å². The molecule has 5 heteroatoms. The van der Waals surface area contributed by atoms with Crippen molar-refractivity contribution in [1.82, 2.24) is 9.13 Å². The van der Waals surface area contributed by atoms with Crippen molar-refractivity contribution in [2.75, 3.05) is 6.61 Å². The van der Waals surface area contributed by atoms with Crippen molar-refractivity contribution in [3.8, 4) is 11.4 Å². The van der Waals surface area contributed by atoms with Crippen LogP contribution < -0.4 is 15.9 Å². The van der Waals surface area contributed by atoms with E-state index in [0.29, 0.717) is 24.6 Å². The van der Waals surface area contributed by atoms with Crippen LogP contribution >= 0.6 is 0 Å². The lowest BCUT2D eigenvalue weighted by Gasteiger charge is -2.13. The summed E-state index contributed by atoms with van der Waals surface area (Å²) in [6, 6.07) is 15.1. The zero-order valence-electron chi connectivity index (χ0n) is 14.3. The van der Waals surface area contributed by atoms with Gasteiger partial charge in [-0.05, 0) is 31.5 Å². The fourth-order valence-electron chi connectivity index (χ4n) is 2.76. The Morgan fingerprint density at radius 2 is 1.76 bits per heavy atom. The Balaban J connectivity index is 2.02. The number of para-hydroxylation sites is 2. The van der Waals surface area contributed by atoms with Crippen LogP contribution in [0.15, 0.2) is 70.5 Å². The van der Waals surface area contributed by atoms with E-state index in [1.807, 2.05) is 50.2 Å². The van der Waals surface area contributed by atoms with E-state index in [4.69, 9.17) is 4.74 Å². The molecular formula is C20H20N2O3. The quantitative estimate of drug-likeness (QED) is 0.673. The van der Waals surface area contributed by atoms with Crippen molar-refractivity contribution in [1.29, 1.82) is 0 Å². The monoisotopic (exact) mass is 336 g/mol. The first-order valence-corrected chi connectivity index (χ1v) is 8.20. The van der Waals surface area contributed by atoms with Crippen LogP contribution in [0.4, 0.5) is 0 Å². The van der Waals surface area contributed by atoms with E-state index in [0.717, 1.165) is 11.1 Å². The molecule has 0 bridgehead atoms. The Morgan fingerprint density at radius 3 is 2.52 bits per heavy atom. The fraction of sp³-hybridized carbons (Fsp3) is 0.200. The van der Waals surface area contributed by atoms with Gasteiger partial charge in [0.2, 0.25) is 0 Å². The van der Waals surface area contributed by atoms with Crippen LogP contribution in [0, 0.1) is 6.92 Å². The third-order valence-electron chi connectivity index (χ3n) is 3.92. The van der Waals surface area contributed by atoms with Crippen molar-refractivity contribution >= 4 is 0 Å². The minimum Gasteiger partial charge on any atom is -0.492 e. The molecule has 0 aliphatic heterocycles. The Morgan fingerprint density at radius 1 is 0.960 bits per heavy atom. The van der Waals surface area contributed by atoms with Crippen LogP contribution in [0.5, 0.6) is 5.75 Å². The molecule has 0 fully saturated rings. The fourth-order valence-corrected chi connectivity index (χ4v) is 2.76. The second-order valence-electron chi connectivity index (χ2n) is 5.80. The summed E-state index contributed by atoms with van der Waals surface area (Å²) in [7, 11) is 0. The van der Waals surface area contributed by atoms with Gasteiger partial charge in [0.15, 0.2) is 0 Å². The normalized spacial score (nSPS) is 10.6. The van der Waals surface area contributed by atoms with E-state index in [1.165, 1.54) is 9.13 Å². The van der Waals surface area contributed by atoms with Crippen molar-refractivity contribution < 1.29 is 4.74 Å². The molecule has 0 unspecified atom stereocenters. The number of hydrogen-bond acceptors (Lipinski definition) is 3. The Hall–Kier alpha value is -3.08. The summed E-state index contributed by atoms with van der Waals surface area (Å²) in [5, 5.41) is 0. The van der Waals surface area contributed by atoms with Gasteiger partial charge in [-0.25, -0.2) is 0 Å². The maximum Gasteiger partial charge on any atom is 0.321 e. The first kappa shape index (κ1) is 16.8. The predicted octanol–water partition coefficient (Wildman–Crippen LogP) is 2.75. The highest BCUT2D eigenvalue weighted by Crippen LogP contribution is 2.20. The van der Waals surface area contributed by atoms with Crippen LogP contribution in [0.1, 0.15) is 18.1 Å². The number of aryl methyl sites for hydroxylation is 1. The number of rotatable bonds is 5. The van der Waals surface area contributed by atoms with Crippen LogP contribution in [0.3, 0.4) is 0 Å². The first-order chi connectivity index (χ1) is 12.1. The summed E-state index contributed by atoms with van der Waals surface area (Å²) >= 11 is 0. The van der Waals surface area contributed by atoms with Gasteiger partial charge < -0.3 is 9.30 Å². The van der Waals surface area contributed by atoms with E-state index < -0.39 is 11.1 Å². The van der Waals surface area contributed by atoms with Crippen LogP contribution in [0.2, 0.25) is 0 Å². The molecule has 1 heterocycles. The maximum atomic E-state index is 12.6. The lowest BCUT2D eigenvalue weighted by molar-refractivity contribution is 0.339. The third kappa shape index (κ3) is 3.55. The molecule has 0 aliphatic rings. The molecule has 0 N–H and O–H groups in total. The SMILES string of the molecule is CCOc1ccccc1-n1ccn(Cc2cccc(C)c2)c(=O)c1=O. The first-order valence-electron chi connectivity index (χ1n) is 8.20. The molecule has 0 amide bonds. The highest BCUT2D eigenvalue weighted by Gasteiger charge is 2.11. The minimum absolute atomic E-state index is 0.365. The number of ether oxygens (including phenoxy) is 1. The largest absolute Gasteiger partial charge is 0.492 e. The second-order valence-corrected chi connectivity index (χ2v) is 5.80. The van der Waals surface area contributed by atoms with Gasteiger partial charge in [0.1, 0.15) is 5.75 Å². The molecule has 0 saturated carbocycles. The molecule has 0 atom stereocenters. The molecule has 3 rings (SSSR count). The Kier molecular flexibility index (Phi) is 4.84. The Bertz CT molecular complexity index is 1000. The van der Waals surface area contributed by atoms with E-state index >= 15 is 0 Å².